The molecular weight excluding hydrogens is 391 g/mol. The molecule has 1 aliphatic heterocycles. The van der Waals surface area contributed by atoms with Crippen molar-refractivity contribution in [1.82, 2.24) is 0 Å². The molecule has 0 bridgehead atoms. The number of esters is 1. The molecule has 1 saturated heterocycles. The van der Waals surface area contributed by atoms with Crippen LogP contribution in [0.25, 0.3) is 0 Å². The molecule has 1 aliphatic rings. The summed E-state index contributed by atoms with van der Waals surface area (Å²) in [6, 6.07) is 5.08. The highest BCUT2D eigenvalue weighted by Crippen LogP contribution is 2.29. The molecule has 0 saturated carbocycles. The third-order valence-corrected chi connectivity index (χ3v) is 5.73. The van der Waals surface area contributed by atoms with Gasteiger partial charge in [-0.25, -0.2) is 4.39 Å². The first kappa shape index (κ1) is 25.4. The zero-order valence-corrected chi connectivity index (χ0v) is 19.2. The highest BCUT2D eigenvalue weighted by atomic mass is 19.1. The quantitative estimate of drug-likeness (QED) is 0.187. The standard InChI is InChI=1S/C27H39FO3/c1-2-3-4-5-6-7-8-9-10-17-27(29)31-21-13-11-15-23-18-19-24(25(28)22-23)26-16-12-14-20-30-26/h18-19,22,26H,2-10,12-14,16-17,20-21H2,1H3. The summed E-state index contributed by atoms with van der Waals surface area (Å²) < 4.78 is 25.3. The van der Waals surface area contributed by atoms with Gasteiger partial charge in [-0.05, 0) is 37.8 Å². The van der Waals surface area contributed by atoms with Crippen molar-refractivity contribution in [3.63, 3.8) is 0 Å². The number of carbonyl (C=O) groups is 1. The first-order valence-corrected chi connectivity index (χ1v) is 12.3. The van der Waals surface area contributed by atoms with Crippen molar-refractivity contribution < 1.29 is 18.7 Å². The minimum atomic E-state index is -0.258. The van der Waals surface area contributed by atoms with Crippen molar-refractivity contribution in [2.75, 3.05) is 13.2 Å². The fourth-order valence-electron chi connectivity index (χ4n) is 3.88. The molecule has 0 spiro atoms. The molecule has 1 fully saturated rings. The maximum absolute atomic E-state index is 14.4. The molecule has 2 rings (SSSR count). The number of ether oxygens (including phenoxy) is 2. The minimum absolute atomic E-state index is 0.138. The number of carbonyl (C=O) groups excluding carboxylic acids is 1. The Labute approximate surface area is 188 Å². The fraction of sp³-hybridized carbons (Fsp3) is 0.667. The third-order valence-electron chi connectivity index (χ3n) is 5.73. The highest BCUT2D eigenvalue weighted by Gasteiger charge is 2.19. The minimum Gasteiger partial charge on any atom is -0.465 e. The Kier molecular flexibility index (Phi) is 13.0. The summed E-state index contributed by atoms with van der Waals surface area (Å²) in [5.41, 5.74) is 1.26. The third kappa shape index (κ3) is 10.8. The average Bonchev–Trinajstić information content (AvgIpc) is 2.78. The summed E-state index contributed by atoms with van der Waals surface area (Å²) in [6.07, 6.45) is 14.9. The van der Waals surface area contributed by atoms with Crippen LogP contribution in [0.15, 0.2) is 18.2 Å². The average molecular weight is 431 g/mol. The smallest absolute Gasteiger partial charge is 0.305 e. The Hall–Kier alpha value is -1.86. The SMILES string of the molecule is CCCCCCCCCCCC(=O)OCCC#Cc1ccc(C2CCCCO2)c(F)c1. The van der Waals surface area contributed by atoms with E-state index in [4.69, 9.17) is 9.47 Å². The van der Waals surface area contributed by atoms with Crippen LogP contribution >= 0.6 is 0 Å². The Balaban J connectivity index is 1.54. The van der Waals surface area contributed by atoms with Crippen LogP contribution in [0.3, 0.4) is 0 Å². The predicted molar refractivity (Wildman–Crippen MR) is 123 cm³/mol. The van der Waals surface area contributed by atoms with Gasteiger partial charge in [0.25, 0.3) is 0 Å². The van der Waals surface area contributed by atoms with Crippen LogP contribution in [-0.2, 0) is 14.3 Å². The van der Waals surface area contributed by atoms with Gasteiger partial charge in [0.05, 0.1) is 6.10 Å². The maximum atomic E-state index is 14.4. The van der Waals surface area contributed by atoms with E-state index in [2.05, 4.69) is 18.8 Å². The summed E-state index contributed by atoms with van der Waals surface area (Å²) >= 11 is 0. The van der Waals surface area contributed by atoms with Crippen LogP contribution < -0.4 is 0 Å². The van der Waals surface area contributed by atoms with E-state index in [1.165, 1.54) is 51.0 Å². The van der Waals surface area contributed by atoms with Gasteiger partial charge in [0, 0.05) is 30.6 Å². The van der Waals surface area contributed by atoms with E-state index in [0.29, 0.717) is 37.2 Å². The van der Waals surface area contributed by atoms with Gasteiger partial charge >= 0.3 is 5.97 Å². The number of hydrogen-bond donors (Lipinski definition) is 0. The Morgan fingerprint density at radius 3 is 2.52 bits per heavy atom. The molecule has 0 radical (unpaired) electrons. The predicted octanol–water partition coefficient (Wildman–Crippen LogP) is 7.27. The lowest BCUT2D eigenvalue weighted by Crippen LogP contribution is -2.12. The molecule has 0 amide bonds. The van der Waals surface area contributed by atoms with Gasteiger partial charge in [-0.1, -0.05) is 76.2 Å². The first-order chi connectivity index (χ1) is 15.2. The summed E-state index contributed by atoms with van der Waals surface area (Å²) in [7, 11) is 0. The molecule has 0 N–H and O–H groups in total. The van der Waals surface area contributed by atoms with E-state index < -0.39 is 0 Å². The molecule has 0 aliphatic carbocycles. The number of hydrogen-bond acceptors (Lipinski definition) is 3. The first-order valence-electron chi connectivity index (χ1n) is 12.3. The molecule has 1 atom stereocenters. The summed E-state index contributed by atoms with van der Waals surface area (Å²) in [5.74, 6) is 5.51. The molecule has 1 heterocycles. The van der Waals surface area contributed by atoms with Gasteiger partial charge in [0.2, 0.25) is 0 Å². The van der Waals surface area contributed by atoms with E-state index >= 15 is 0 Å². The molecule has 1 aromatic rings. The topological polar surface area (TPSA) is 35.5 Å². The summed E-state index contributed by atoms with van der Waals surface area (Å²) in [5, 5.41) is 0. The second-order valence-corrected chi connectivity index (χ2v) is 8.44. The largest absolute Gasteiger partial charge is 0.465 e. The Bertz CT molecular complexity index is 698. The van der Waals surface area contributed by atoms with E-state index in [9.17, 15) is 9.18 Å². The number of halogens is 1. The molecule has 31 heavy (non-hydrogen) atoms. The number of unbranched alkanes of at least 4 members (excludes halogenated alkanes) is 8. The van der Waals surface area contributed by atoms with Gasteiger partial charge in [-0.2, -0.15) is 0 Å². The number of rotatable bonds is 13. The van der Waals surface area contributed by atoms with E-state index in [0.717, 1.165) is 32.1 Å². The molecule has 1 unspecified atom stereocenters. The van der Waals surface area contributed by atoms with Crippen LogP contribution in [0.5, 0.6) is 0 Å². The summed E-state index contributed by atoms with van der Waals surface area (Å²) in [4.78, 5) is 11.8. The molecule has 0 aromatic heterocycles. The van der Waals surface area contributed by atoms with Crippen molar-refractivity contribution in [3.8, 4) is 11.8 Å². The van der Waals surface area contributed by atoms with Crippen molar-refractivity contribution in [2.24, 2.45) is 0 Å². The van der Waals surface area contributed by atoms with Gasteiger partial charge in [0.1, 0.15) is 12.4 Å². The van der Waals surface area contributed by atoms with Gasteiger partial charge < -0.3 is 9.47 Å². The lowest BCUT2D eigenvalue weighted by molar-refractivity contribution is -0.143. The lowest BCUT2D eigenvalue weighted by atomic mass is 9.99. The van der Waals surface area contributed by atoms with Crippen molar-refractivity contribution in [3.05, 3.63) is 35.1 Å². The van der Waals surface area contributed by atoms with Crippen LogP contribution in [0.2, 0.25) is 0 Å². The molecule has 3 nitrogen and oxygen atoms in total. The zero-order valence-electron chi connectivity index (χ0n) is 19.2. The zero-order chi connectivity index (χ0) is 22.2. The second-order valence-electron chi connectivity index (χ2n) is 8.44. The van der Waals surface area contributed by atoms with Gasteiger partial charge in [-0.15, -0.1) is 0 Å². The van der Waals surface area contributed by atoms with Crippen LogP contribution in [0, 0.1) is 17.7 Å². The van der Waals surface area contributed by atoms with E-state index in [1.807, 2.05) is 6.07 Å². The Morgan fingerprint density at radius 2 is 1.84 bits per heavy atom. The molecular formula is C27H39FO3. The second kappa shape index (κ2) is 15.9. The fourth-order valence-corrected chi connectivity index (χ4v) is 3.88. The van der Waals surface area contributed by atoms with E-state index in [-0.39, 0.29) is 17.9 Å². The maximum Gasteiger partial charge on any atom is 0.305 e. The van der Waals surface area contributed by atoms with Crippen LogP contribution in [0.1, 0.15) is 114 Å². The Morgan fingerprint density at radius 1 is 1.10 bits per heavy atom. The molecule has 1 aromatic carbocycles. The highest BCUT2D eigenvalue weighted by molar-refractivity contribution is 5.69. The van der Waals surface area contributed by atoms with Crippen molar-refractivity contribution >= 4 is 5.97 Å². The normalized spacial score (nSPS) is 15.9. The lowest BCUT2D eigenvalue weighted by Gasteiger charge is -2.23. The number of benzene rings is 1. The van der Waals surface area contributed by atoms with Gasteiger partial charge in [-0.3, -0.25) is 4.79 Å². The van der Waals surface area contributed by atoms with Crippen molar-refractivity contribution in [2.45, 2.75) is 103 Å². The monoisotopic (exact) mass is 430 g/mol. The van der Waals surface area contributed by atoms with E-state index in [1.54, 1.807) is 6.07 Å². The van der Waals surface area contributed by atoms with Gasteiger partial charge in [0.15, 0.2) is 0 Å². The molecule has 172 valence electrons. The molecule has 4 heteroatoms. The summed E-state index contributed by atoms with van der Waals surface area (Å²) in [6.45, 7) is 3.22. The van der Waals surface area contributed by atoms with Crippen LogP contribution in [0.4, 0.5) is 4.39 Å². The van der Waals surface area contributed by atoms with Crippen molar-refractivity contribution in [1.29, 1.82) is 0 Å². The van der Waals surface area contributed by atoms with Crippen LogP contribution in [-0.4, -0.2) is 19.2 Å².